The number of thioether (sulfide) groups is 1. The Hall–Kier alpha value is -2.34. The van der Waals surface area contributed by atoms with Gasteiger partial charge in [-0.2, -0.15) is 0 Å². The third-order valence-corrected chi connectivity index (χ3v) is 3.21. The average Bonchev–Trinajstić information content (AvgIpc) is 2.39. The monoisotopic (exact) mass is 288 g/mol. The summed E-state index contributed by atoms with van der Waals surface area (Å²) >= 11 is 0.807. The van der Waals surface area contributed by atoms with Gasteiger partial charge in [0, 0.05) is 18.8 Å². The highest BCUT2D eigenvalue weighted by atomic mass is 32.2. The van der Waals surface area contributed by atoms with Crippen molar-refractivity contribution in [2.45, 2.75) is 11.9 Å². The highest BCUT2D eigenvalue weighted by molar-refractivity contribution is 8.13. The van der Waals surface area contributed by atoms with Crippen molar-refractivity contribution in [3.63, 3.8) is 0 Å². The zero-order chi connectivity index (χ0) is 14.5. The average molecular weight is 288 g/mol. The van der Waals surface area contributed by atoms with Crippen LogP contribution >= 0.6 is 11.8 Å². The number of anilines is 2. The van der Waals surface area contributed by atoms with Crippen LogP contribution in [0, 0.1) is 0 Å². The van der Waals surface area contributed by atoms with Gasteiger partial charge >= 0.3 is 5.97 Å². The fourth-order valence-electron chi connectivity index (χ4n) is 1.64. The summed E-state index contributed by atoms with van der Waals surface area (Å²) in [6, 6.07) is 10.8. The number of nitrogens with zero attached hydrogens (tertiary/aromatic N) is 1. The summed E-state index contributed by atoms with van der Waals surface area (Å²) in [6.07, 6.45) is 1.48. The van der Waals surface area contributed by atoms with E-state index in [0.717, 1.165) is 17.4 Å². The zero-order valence-corrected chi connectivity index (χ0v) is 11.5. The van der Waals surface area contributed by atoms with E-state index in [1.54, 1.807) is 6.07 Å². The molecule has 0 saturated heterocycles. The Balaban J connectivity index is 2.42. The van der Waals surface area contributed by atoms with E-state index in [9.17, 15) is 14.7 Å². The smallest absolute Gasteiger partial charge is 0.340 e. The van der Waals surface area contributed by atoms with Crippen LogP contribution < -0.4 is 5.32 Å². The Morgan fingerprint density at radius 2 is 1.90 bits per heavy atom. The molecule has 2 N–H and O–H groups in total. The van der Waals surface area contributed by atoms with E-state index in [1.165, 1.54) is 13.1 Å². The van der Waals surface area contributed by atoms with Crippen LogP contribution in [0.15, 0.2) is 47.6 Å². The maximum absolute atomic E-state index is 11.4. The molecule has 0 unspecified atom stereocenters. The highest BCUT2D eigenvalue weighted by Crippen LogP contribution is 2.28. The van der Waals surface area contributed by atoms with E-state index < -0.39 is 5.97 Å². The molecule has 20 heavy (non-hydrogen) atoms. The van der Waals surface area contributed by atoms with Crippen LogP contribution in [0.2, 0.25) is 0 Å². The second kappa shape index (κ2) is 6.21. The number of carbonyl (C=O) groups excluding carboxylic acids is 1. The molecule has 2 rings (SSSR count). The number of aromatic nitrogens is 1. The molecule has 0 aliphatic rings. The van der Waals surface area contributed by atoms with Crippen molar-refractivity contribution in [1.82, 2.24) is 4.98 Å². The van der Waals surface area contributed by atoms with E-state index in [1.807, 2.05) is 30.3 Å². The first-order valence-electron chi connectivity index (χ1n) is 5.80. The molecule has 5 nitrogen and oxygen atoms in total. The summed E-state index contributed by atoms with van der Waals surface area (Å²) in [4.78, 5) is 26.5. The minimum Gasteiger partial charge on any atom is -0.478 e. The molecule has 0 radical (unpaired) electrons. The number of carboxylic acids is 1. The predicted molar refractivity (Wildman–Crippen MR) is 77.5 cm³/mol. The quantitative estimate of drug-likeness (QED) is 0.841. The van der Waals surface area contributed by atoms with Gasteiger partial charge in [-0.05, 0) is 30.0 Å². The van der Waals surface area contributed by atoms with Gasteiger partial charge in [0.25, 0.3) is 0 Å². The molecule has 1 heterocycles. The van der Waals surface area contributed by atoms with E-state index in [2.05, 4.69) is 10.3 Å². The standard InChI is InChI=1S/C14H12N2O3S/c1-9(17)20-13-12(14(18)19)11(7-8-15-13)16-10-5-3-2-4-6-10/h2-8H,1H3,(H,15,16)(H,18,19). The third kappa shape index (κ3) is 3.36. The topological polar surface area (TPSA) is 79.3 Å². The van der Waals surface area contributed by atoms with Gasteiger partial charge in [0.2, 0.25) is 0 Å². The van der Waals surface area contributed by atoms with Crippen molar-refractivity contribution in [2.75, 3.05) is 5.32 Å². The number of benzene rings is 1. The normalized spacial score (nSPS) is 10.1. The predicted octanol–water partition coefficient (Wildman–Crippen LogP) is 3.16. The lowest BCUT2D eigenvalue weighted by molar-refractivity contribution is -0.109. The van der Waals surface area contributed by atoms with Gasteiger partial charge in [0.15, 0.2) is 5.12 Å². The van der Waals surface area contributed by atoms with E-state index >= 15 is 0 Å². The Morgan fingerprint density at radius 1 is 1.20 bits per heavy atom. The second-order valence-corrected chi connectivity index (χ2v) is 5.09. The number of rotatable bonds is 4. The lowest BCUT2D eigenvalue weighted by atomic mass is 10.2. The number of carboxylic acid groups (broad SMARTS) is 1. The molecule has 0 aliphatic heterocycles. The van der Waals surface area contributed by atoms with Crippen molar-refractivity contribution >= 4 is 34.2 Å². The van der Waals surface area contributed by atoms with Crippen molar-refractivity contribution in [3.05, 3.63) is 48.2 Å². The Labute approximate surface area is 120 Å². The summed E-state index contributed by atoms with van der Waals surface area (Å²) in [5, 5.41) is 12.3. The van der Waals surface area contributed by atoms with Crippen LogP contribution in [0.25, 0.3) is 0 Å². The van der Waals surface area contributed by atoms with Gasteiger partial charge in [0.05, 0.1) is 5.69 Å². The first-order chi connectivity index (χ1) is 9.58. The van der Waals surface area contributed by atoms with Crippen molar-refractivity contribution < 1.29 is 14.7 Å². The van der Waals surface area contributed by atoms with E-state index in [0.29, 0.717) is 5.69 Å². The SMILES string of the molecule is CC(=O)Sc1nccc(Nc2ccccc2)c1C(=O)O. The number of hydrogen-bond donors (Lipinski definition) is 2. The van der Waals surface area contributed by atoms with Gasteiger partial charge in [0.1, 0.15) is 10.6 Å². The molecule has 0 bridgehead atoms. The molecule has 0 fully saturated rings. The molecule has 2 aromatic rings. The first kappa shape index (κ1) is 14.1. The summed E-state index contributed by atoms with van der Waals surface area (Å²) in [5.74, 6) is -1.12. The summed E-state index contributed by atoms with van der Waals surface area (Å²) in [6.45, 7) is 1.37. The lowest BCUT2D eigenvalue weighted by Crippen LogP contribution is -2.06. The summed E-state index contributed by atoms with van der Waals surface area (Å²) in [7, 11) is 0. The van der Waals surface area contributed by atoms with Gasteiger partial charge in [-0.15, -0.1) is 0 Å². The molecule has 0 saturated carbocycles. The first-order valence-corrected chi connectivity index (χ1v) is 6.62. The van der Waals surface area contributed by atoms with Crippen molar-refractivity contribution in [3.8, 4) is 0 Å². The lowest BCUT2D eigenvalue weighted by Gasteiger charge is -2.11. The maximum atomic E-state index is 11.4. The molecule has 1 aromatic carbocycles. The number of para-hydroxylation sites is 1. The van der Waals surface area contributed by atoms with Crippen LogP contribution in [0.1, 0.15) is 17.3 Å². The highest BCUT2D eigenvalue weighted by Gasteiger charge is 2.18. The van der Waals surface area contributed by atoms with Crippen molar-refractivity contribution in [1.29, 1.82) is 0 Å². The van der Waals surface area contributed by atoms with Gasteiger partial charge < -0.3 is 10.4 Å². The Bertz CT molecular complexity index is 644. The van der Waals surface area contributed by atoms with Crippen LogP contribution in [0.5, 0.6) is 0 Å². The Morgan fingerprint density at radius 3 is 2.50 bits per heavy atom. The number of carbonyl (C=O) groups is 2. The van der Waals surface area contributed by atoms with E-state index in [4.69, 9.17) is 0 Å². The van der Waals surface area contributed by atoms with Crippen LogP contribution in [-0.2, 0) is 4.79 Å². The minimum atomic E-state index is -1.12. The van der Waals surface area contributed by atoms with Crippen LogP contribution in [0.4, 0.5) is 11.4 Å². The molecular formula is C14H12N2O3S. The summed E-state index contributed by atoms with van der Waals surface area (Å²) < 4.78 is 0. The second-order valence-electron chi connectivity index (χ2n) is 3.93. The largest absolute Gasteiger partial charge is 0.478 e. The van der Waals surface area contributed by atoms with E-state index in [-0.39, 0.29) is 15.7 Å². The minimum absolute atomic E-state index is 0.00319. The Kier molecular flexibility index (Phi) is 4.37. The summed E-state index contributed by atoms with van der Waals surface area (Å²) in [5.41, 5.74) is 1.17. The van der Waals surface area contributed by atoms with Gasteiger partial charge in [-0.1, -0.05) is 18.2 Å². The number of nitrogens with one attached hydrogen (secondary N) is 1. The molecule has 0 amide bonds. The van der Waals surface area contributed by atoms with Crippen LogP contribution in [-0.4, -0.2) is 21.2 Å². The fraction of sp³-hybridized carbons (Fsp3) is 0.0714. The molecule has 0 spiro atoms. The molecule has 102 valence electrons. The zero-order valence-electron chi connectivity index (χ0n) is 10.7. The molecule has 6 heteroatoms. The molecule has 1 aromatic heterocycles. The fourth-order valence-corrected chi connectivity index (χ4v) is 2.33. The molecular weight excluding hydrogens is 276 g/mol. The molecule has 0 aliphatic carbocycles. The number of hydrogen-bond acceptors (Lipinski definition) is 5. The van der Waals surface area contributed by atoms with Crippen molar-refractivity contribution in [2.24, 2.45) is 0 Å². The van der Waals surface area contributed by atoms with Crippen LogP contribution in [0.3, 0.4) is 0 Å². The third-order valence-electron chi connectivity index (χ3n) is 2.42. The van der Waals surface area contributed by atoms with Gasteiger partial charge in [-0.25, -0.2) is 9.78 Å². The van der Waals surface area contributed by atoms with Gasteiger partial charge in [-0.3, -0.25) is 4.79 Å². The molecule has 0 atom stereocenters. The number of aromatic carboxylic acids is 1. The number of pyridine rings is 1. The maximum Gasteiger partial charge on any atom is 0.340 e.